The van der Waals surface area contributed by atoms with Crippen LogP contribution in [0.4, 0.5) is 0 Å². The number of benzene rings is 2. The first kappa shape index (κ1) is 20.3. The Morgan fingerprint density at radius 2 is 1.81 bits per heavy atom. The maximum atomic E-state index is 12.3. The Labute approximate surface area is 179 Å². The van der Waals surface area contributed by atoms with Gasteiger partial charge in [-0.1, -0.05) is 6.07 Å². The van der Waals surface area contributed by atoms with Crippen molar-refractivity contribution in [3.05, 3.63) is 71.3 Å². The third kappa shape index (κ3) is 4.48. The maximum absolute atomic E-state index is 12.3. The number of carbonyl (C=O) groups excluding carboxylic acids is 1. The summed E-state index contributed by atoms with van der Waals surface area (Å²) in [6.07, 6.45) is 0. The van der Waals surface area contributed by atoms with Crippen LogP contribution in [0.1, 0.15) is 21.5 Å². The van der Waals surface area contributed by atoms with Crippen molar-refractivity contribution in [2.24, 2.45) is 0 Å². The van der Waals surface area contributed by atoms with Gasteiger partial charge < -0.3 is 14.8 Å². The van der Waals surface area contributed by atoms with E-state index in [1.165, 1.54) is 0 Å². The lowest BCUT2D eigenvalue weighted by Crippen LogP contribution is -2.28. The molecule has 2 aromatic carbocycles. The van der Waals surface area contributed by atoms with Gasteiger partial charge in [-0.3, -0.25) is 4.79 Å². The molecule has 8 nitrogen and oxygen atoms in total. The molecule has 0 spiro atoms. The topological polar surface area (TPSA) is 90.6 Å². The first-order chi connectivity index (χ1) is 15.0. The number of amides is 1. The molecule has 31 heavy (non-hydrogen) atoms. The molecule has 0 radical (unpaired) electrons. The van der Waals surface area contributed by atoms with E-state index in [0.717, 1.165) is 22.4 Å². The fourth-order valence-corrected chi connectivity index (χ4v) is 3.07. The standard InChI is InChI=1S/C23H23N5O3/c1-15-4-5-18(14-16(15)2)23(29)24-12-13-31-21-11-10-20-25-26-22(28(20)27-21)17-6-8-19(30-3)9-7-17/h4-11,14H,12-13H2,1-3H3,(H,24,29). The molecule has 0 aliphatic rings. The normalized spacial score (nSPS) is 10.8. The highest BCUT2D eigenvalue weighted by Crippen LogP contribution is 2.21. The van der Waals surface area contributed by atoms with E-state index in [9.17, 15) is 4.79 Å². The molecule has 0 bridgehead atoms. The lowest BCUT2D eigenvalue weighted by atomic mass is 10.1. The van der Waals surface area contributed by atoms with Crippen molar-refractivity contribution in [2.75, 3.05) is 20.3 Å². The van der Waals surface area contributed by atoms with Gasteiger partial charge in [0.05, 0.1) is 13.7 Å². The molecule has 0 saturated carbocycles. The zero-order valence-corrected chi connectivity index (χ0v) is 17.6. The molecule has 158 valence electrons. The zero-order valence-electron chi connectivity index (χ0n) is 17.6. The van der Waals surface area contributed by atoms with Crippen LogP contribution < -0.4 is 14.8 Å². The highest BCUT2D eigenvalue weighted by molar-refractivity contribution is 5.94. The summed E-state index contributed by atoms with van der Waals surface area (Å²) in [5.41, 5.74) is 4.35. The lowest BCUT2D eigenvalue weighted by molar-refractivity contribution is 0.0946. The number of fused-ring (bicyclic) bond motifs is 1. The fourth-order valence-electron chi connectivity index (χ4n) is 3.07. The summed E-state index contributed by atoms with van der Waals surface area (Å²) in [5, 5.41) is 15.7. The molecular weight excluding hydrogens is 394 g/mol. The molecule has 0 aliphatic carbocycles. The number of rotatable bonds is 7. The Hall–Kier alpha value is -3.94. The number of ether oxygens (including phenoxy) is 2. The van der Waals surface area contributed by atoms with Crippen molar-refractivity contribution < 1.29 is 14.3 Å². The molecule has 8 heteroatoms. The summed E-state index contributed by atoms with van der Waals surface area (Å²) < 4.78 is 12.5. The quantitative estimate of drug-likeness (QED) is 0.464. The lowest BCUT2D eigenvalue weighted by Gasteiger charge is -2.09. The largest absolute Gasteiger partial charge is 0.497 e. The summed E-state index contributed by atoms with van der Waals surface area (Å²) in [7, 11) is 1.62. The minimum atomic E-state index is -0.129. The van der Waals surface area contributed by atoms with Gasteiger partial charge in [-0.05, 0) is 67.4 Å². The molecular formula is C23H23N5O3. The molecule has 2 heterocycles. The van der Waals surface area contributed by atoms with Crippen LogP contribution in [0, 0.1) is 13.8 Å². The van der Waals surface area contributed by atoms with Crippen LogP contribution in [0.2, 0.25) is 0 Å². The Morgan fingerprint density at radius 3 is 2.55 bits per heavy atom. The van der Waals surface area contributed by atoms with E-state index in [-0.39, 0.29) is 12.5 Å². The van der Waals surface area contributed by atoms with E-state index in [4.69, 9.17) is 9.47 Å². The van der Waals surface area contributed by atoms with Gasteiger partial charge in [0.15, 0.2) is 11.5 Å². The maximum Gasteiger partial charge on any atom is 0.251 e. The van der Waals surface area contributed by atoms with E-state index in [1.807, 2.05) is 56.3 Å². The van der Waals surface area contributed by atoms with Crippen molar-refractivity contribution in [3.8, 4) is 23.0 Å². The smallest absolute Gasteiger partial charge is 0.251 e. The Kier molecular flexibility index (Phi) is 5.79. The molecule has 0 saturated heterocycles. The van der Waals surface area contributed by atoms with Crippen molar-refractivity contribution in [1.82, 2.24) is 25.1 Å². The minimum absolute atomic E-state index is 0.129. The number of hydrogen-bond acceptors (Lipinski definition) is 6. The first-order valence-electron chi connectivity index (χ1n) is 9.90. The summed E-state index contributed by atoms with van der Waals surface area (Å²) in [4.78, 5) is 12.3. The average molecular weight is 417 g/mol. The zero-order chi connectivity index (χ0) is 21.8. The number of nitrogens with one attached hydrogen (secondary N) is 1. The van der Waals surface area contributed by atoms with Gasteiger partial charge in [0.25, 0.3) is 5.91 Å². The highest BCUT2D eigenvalue weighted by atomic mass is 16.5. The monoisotopic (exact) mass is 417 g/mol. The van der Waals surface area contributed by atoms with Gasteiger partial charge in [-0.15, -0.1) is 15.3 Å². The molecule has 0 aliphatic heterocycles. The number of carbonyl (C=O) groups is 1. The third-order valence-corrected chi connectivity index (χ3v) is 4.99. The van der Waals surface area contributed by atoms with Crippen LogP contribution >= 0.6 is 0 Å². The predicted molar refractivity (Wildman–Crippen MR) is 117 cm³/mol. The molecule has 2 aromatic heterocycles. The van der Waals surface area contributed by atoms with Crippen LogP contribution in [0.3, 0.4) is 0 Å². The van der Waals surface area contributed by atoms with E-state index in [2.05, 4.69) is 20.6 Å². The molecule has 4 aromatic rings. The Bertz CT molecular complexity index is 1220. The Balaban J connectivity index is 1.39. The second-order valence-corrected chi connectivity index (χ2v) is 7.10. The average Bonchev–Trinajstić information content (AvgIpc) is 3.21. The number of aryl methyl sites for hydroxylation is 2. The number of nitrogens with zero attached hydrogens (tertiary/aromatic N) is 4. The molecule has 0 atom stereocenters. The Morgan fingerprint density at radius 1 is 1.00 bits per heavy atom. The number of aromatic nitrogens is 4. The van der Waals surface area contributed by atoms with Crippen LogP contribution in [0.15, 0.2) is 54.6 Å². The summed E-state index contributed by atoms with van der Waals surface area (Å²) in [5.74, 6) is 1.65. The number of hydrogen-bond donors (Lipinski definition) is 1. The second-order valence-electron chi connectivity index (χ2n) is 7.10. The fraction of sp³-hybridized carbons (Fsp3) is 0.217. The van der Waals surface area contributed by atoms with Gasteiger partial charge >= 0.3 is 0 Å². The summed E-state index contributed by atoms with van der Waals surface area (Å²) in [6, 6.07) is 16.7. The van der Waals surface area contributed by atoms with Crippen molar-refractivity contribution >= 4 is 11.6 Å². The molecule has 0 unspecified atom stereocenters. The van der Waals surface area contributed by atoms with E-state index in [1.54, 1.807) is 23.8 Å². The highest BCUT2D eigenvalue weighted by Gasteiger charge is 2.11. The third-order valence-electron chi connectivity index (χ3n) is 4.99. The molecule has 1 N–H and O–H groups in total. The van der Waals surface area contributed by atoms with Gasteiger partial charge in [-0.25, -0.2) is 0 Å². The van der Waals surface area contributed by atoms with Gasteiger partial charge in [-0.2, -0.15) is 4.52 Å². The van der Waals surface area contributed by atoms with Crippen LogP contribution in [-0.2, 0) is 0 Å². The van der Waals surface area contributed by atoms with Crippen LogP contribution in [-0.4, -0.2) is 46.0 Å². The summed E-state index contributed by atoms with van der Waals surface area (Å²) in [6.45, 7) is 4.65. The van der Waals surface area contributed by atoms with Crippen LogP contribution in [0.25, 0.3) is 17.0 Å². The van der Waals surface area contributed by atoms with E-state index < -0.39 is 0 Å². The van der Waals surface area contributed by atoms with Crippen LogP contribution in [0.5, 0.6) is 11.6 Å². The minimum Gasteiger partial charge on any atom is -0.497 e. The van der Waals surface area contributed by atoms with Crippen molar-refractivity contribution in [1.29, 1.82) is 0 Å². The SMILES string of the molecule is COc1ccc(-c2nnc3ccc(OCCNC(=O)c4ccc(C)c(C)c4)nn23)cc1. The first-order valence-corrected chi connectivity index (χ1v) is 9.90. The second kappa shape index (κ2) is 8.83. The molecule has 0 fully saturated rings. The molecule has 1 amide bonds. The van der Waals surface area contributed by atoms with Crippen molar-refractivity contribution in [2.45, 2.75) is 13.8 Å². The van der Waals surface area contributed by atoms with E-state index >= 15 is 0 Å². The van der Waals surface area contributed by atoms with Crippen molar-refractivity contribution in [3.63, 3.8) is 0 Å². The van der Waals surface area contributed by atoms with E-state index in [0.29, 0.717) is 29.5 Å². The summed E-state index contributed by atoms with van der Waals surface area (Å²) >= 11 is 0. The van der Waals surface area contributed by atoms with Gasteiger partial charge in [0.2, 0.25) is 5.88 Å². The number of methoxy groups -OCH3 is 1. The molecule has 4 rings (SSSR count). The van der Waals surface area contributed by atoms with Gasteiger partial charge in [0, 0.05) is 17.2 Å². The van der Waals surface area contributed by atoms with Gasteiger partial charge in [0.1, 0.15) is 12.4 Å². The predicted octanol–water partition coefficient (Wildman–Crippen LogP) is 3.23.